The first kappa shape index (κ1) is 16.6. The van der Waals surface area contributed by atoms with Crippen LogP contribution < -0.4 is 5.32 Å². The first-order chi connectivity index (χ1) is 9.33. The highest BCUT2D eigenvalue weighted by Gasteiger charge is 2.17. The van der Waals surface area contributed by atoms with E-state index < -0.39 is 0 Å². The van der Waals surface area contributed by atoms with Gasteiger partial charge in [-0.3, -0.25) is 9.59 Å². The Morgan fingerprint density at radius 3 is 2.45 bits per heavy atom. The van der Waals surface area contributed by atoms with E-state index in [2.05, 4.69) is 10.3 Å². The SMILES string of the molecule is CCN(CC(=O)Nc1nc(C)c(C)s1)C(=O)CC(C)C. The van der Waals surface area contributed by atoms with Crippen LogP contribution in [0.15, 0.2) is 0 Å². The Morgan fingerprint density at radius 2 is 2.00 bits per heavy atom. The van der Waals surface area contributed by atoms with Crippen LogP contribution in [0, 0.1) is 19.8 Å². The molecule has 1 aromatic heterocycles. The topological polar surface area (TPSA) is 62.3 Å². The lowest BCUT2D eigenvalue weighted by Crippen LogP contribution is -2.38. The number of aromatic nitrogens is 1. The Balaban J connectivity index is 2.57. The Labute approximate surface area is 124 Å². The number of aryl methyl sites for hydroxylation is 2. The van der Waals surface area contributed by atoms with E-state index >= 15 is 0 Å². The number of anilines is 1. The van der Waals surface area contributed by atoms with Gasteiger partial charge >= 0.3 is 0 Å². The molecule has 0 unspecified atom stereocenters. The lowest BCUT2D eigenvalue weighted by atomic mass is 10.1. The van der Waals surface area contributed by atoms with Crippen LogP contribution >= 0.6 is 11.3 Å². The summed E-state index contributed by atoms with van der Waals surface area (Å²) < 4.78 is 0. The number of nitrogens with zero attached hydrogens (tertiary/aromatic N) is 2. The van der Waals surface area contributed by atoms with Gasteiger partial charge in [-0.05, 0) is 26.7 Å². The fourth-order valence-electron chi connectivity index (χ4n) is 1.71. The maximum Gasteiger partial charge on any atom is 0.245 e. The molecule has 0 aliphatic carbocycles. The highest BCUT2D eigenvalue weighted by atomic mass is 32.1. The minimum absolute atomic E-state index is 0.0177. The fourth-order valence-corrected chi connectivity index (χ4v) is 2.54. The molecule has 0 spiro atoms. The zero-order valence-electron chi connectivity index (χ0n) is 12.8. The molecule has 2 amide bonds. The number of amides is 2. The molecule has 0 fully saturated rings. The number of hydrogen-bond acceptors (Lipinski definition) is 4. The van der Waals surface area contributed by atoms with Crippen molar-refractivity contribution in [2.24, 2.45) is 5.92 Å². The van der Waals surface area contributed by atoms with Crippen LogP contribution in [0.1, 0.15) is 37.8 Å². The first-order valence-corrected chi connectivity index (χ1v) is 7.66. The van der Waals surface area contributed by atoms with Gasteiger partial charge in [0, 0.05) is 17.8 Å². The fraction of sp³-hybridized carbons (Fsp3) is 0.643. The van der Waals surface area contributed by atoms with Gasteiger partial charge < -0.3 is 10.2 Å². The summed E-state index contributed by atoms with van der Waals surface area (Å²) >= 11 is 1.45. The third-order valence-corrected chi connectivity index (χ3v) is 3.91. The molecule has 0 aliphatic heterocycles. The number of likely N-dealkylation sites (N-methyl/N-ethyl adjacent to an activating group) is 1. The molecule has 20 heavy (non-hydrogen) atoms. The van der Waals surface area contributed by atoms with E-state index in [1.54, 1.807) is 4.90 Å². The number of hydrogen-bond donors (Lipinski definition) is 1. The van der Waals surface area contributed by atoms with E-state index in [1.165, 1.54) is 11.3 Å². The molecule has 0 atom stereocenters. The molecule has 1 heterocycles. The highest BCUT2D eigenvalue weighted by molar-refractivity contribution is 7.15. The standard InChI is InChI=1S/C14H23N3O2S/c1-6-17(13(19)7-9(2)3)8-12(18)16-14-15-10(4)11(5)20-14/h9H,6-8H2,1-5H3,(H,15,16,18). The number of carbonyl (C=O) groups excluding carboxylic acids is 2. The van der Waals surface area contributed by atoms with Crippen LogP contribution in [0.4, 0.5) is 5.13 Å². The van der Waals surface area contributed by atoms with Gasteiger partial charge in [0.1, 0.15) is 0 Å². The minimum Gasteiger partial charge on any atom is -0.334 e. The van der Waals surface area contributed by atoms with Crippen LogP contribution in [0.25, 0.3) is 0 Å². The van der Waals surface area contributed by atoms with Crippen molar-refractivity contribution in [3.05, 3.63) is 10.6 Å². The quantitative estimate of drug-likeness (QED) is 0.878. The number of rotatable bonds is 6. The van der Waals surface area contributed by atoms with E-state index in [4.69, 9.17) is 0 Å². The van der Waals surface area contributed by atoms with Crippen molar-refractivity contribution < 1.29 is 9.59 Å². The van der Waals surface area contributed by atoms with Crippen molar-refractivity contribution in [3.8, 4) is 0 Å². The molecule has 1 N–H and O–H groups in total. The van der Waals surface area contributed by atoms with Gasteiger partial charge in [-0.2, -0.15) is 0 Å². The summed E-state index contributed by atoms with van der Waals surface area (Å²) in [6.45, 7) is 10.4. The van der Waals surface area contributed by atoms with Crippen molar-refractivity contribution in [1.29, 1.82) is 0 Å². The zero-order chi connectivity index (χ0) is 15.3. The molecule has 1 aromatic rings. The second kappa shape index (κ2) is 7.38. The Bertz CT molecular complexity index is 463. The van der Waals surface area contributed by atoms with E-state index in [9.17, 15) is 9.59 Å². The Hall–Kier alpha value is -1.43. The Kier molecular flexibility index (Phi) is 6.13. The molecule has 0 aliphatic rings. The normalized spacial score (nSPS) is 10.7. The average molecular weight is 297 g/mol. The van der Waals surface area contributed by atoms with Gasteiger partial charge in [-0.25, -0.2) is 4.98 Å². The minimum atomic E-state index is -0.197. The van der Waals surface area contributed by atoms with Gasteiger partial charge in [0.25, 0.3) is 0 Å². The lowest BCUT2D eigenvalue weighted by Gasteiger charge is -2.20. The number of carbonyl (C=O) groups is 2. The second-order valence-corrected chi connectivity index (χ2v) is 6.42. The van der Waals surface area contributed by atoms with Crippen LogP contribution in [0.2, 0.25) is 0 Å². The maximum absolute atomic E-state index is 12.0. The second-order valence-electron chi connectivity index (χ2n) is 5.21. The highest BCUT2D eigenvalue weighted by Crippen LogP contribution is 2.20. The summed E-state index contributed by atoms with van der Waals surface area (Å²) in [7, 11) is 0. The zero-order valence-corrected chi connectivity index (χ0v) is 13.6. The molecule has 5 nitrogen and oxygen atoms in total. The summed E-state index contributed by atoms with van der Waals surface area (Å²) in [5, 5.41) is 3.35. The molecule has 0 bridgehead atoms. The van der Waals surface area contributed by atoms with Crippen molar-refractivity contribution in [3.63, 3.8) is 0 Å². The van der Waals surface area contributed by atoms with Gasteiger partial charge in [0.05, 0.1) is 12.2 Å². The van der Waals surface area contributed by atoms with E-state index in [-0.39, 0.29) is 18.4 Å². The van der Waals surface area contributed by atoms with E-state index in [1.807, 2.05) is 34.6 Å². The third-order valence-electron chi connectivity index (χ3n) is 2.93. The van der Waals surface area contributed by atoms with Crippen LogP contribution in [0.3, 0.4) is 0 Å². The number of nitrogens with one attached hydrogen (secondary N) is 1. The third kappa shape index (κ3) is 4.92. The Morgan fingerprint density at radius 1 is 1.35 bits per heavy atom. The molecule has 0 saturated carbocycles. The van der Waals surface area contributed by atoms with Crippen molar-refractivity contribution in [2.75, 3.05) is 18.4 Å². The van der Waals surface area contributed by atoms with E-state index in [0.29, 0.717) is 24.0 Å². The molecule has 6 heteroatoms. The smallest absolute Gasteiger partial charge is 0.245 e. The summed E-state index contributed by atoms with van der Waals surface area (Å²) in [5.74, 6) is 0.116. The van der Waals surface area contributed by atoms with Gasteiger partial charge in [-0.1, -0.05) is 13.8 Å². The molecule has 1 rings (SSSR count). The molecule has 0 aromatic carbocycles. The molecule has 0 radical (unpaired) electrons. The maximum atomic E-state index is 12.0. The summed E-state index contributed by atoms with van der Waals surface area (Å²) in [6.07, 6.45) is 0.469. The average Bonchev–Trinajstić information content (AvgIpc) is 2.64. The van der Waals surface area contributed by atoms with Crippen molar-refractivity contribution in [1.82, 2.24) is 9.88 Å². The monoisotopic (exact) mass is 297 g/mol. The van der Waals surface area contributed by atoms with Crippen LogP contribution in [-0.2, 0) is 9.59 Å². The summed E-state index contributed by atoms with van der Waals surface area (Å²) in [5.41, 5.74) is 0.925. The van der Waals surface area contributed by atoms with Gasteiger partial charge in [-0.15, -0.1) is 11.3 Å². The van der Waals surface area contributed by atoms with Crippen LogP contribution in [0.5, 0.6) is 0 Å². The summed E-state index contributed by atoms with van der Waals surface area (Å²) in [4.78, 5) is 30.8. The van der Waals surface area contributed by atoms with Gasteiger partial charge in [0.15, 0.2) is 5.13 Å². The molecular formula is C14H23N3O2S. The summed E-state index contributed by atoms with van der Waals surface area (Å²) in [6, 6.07) is 0. The predicted molar refractivity (Wildman–Crippen MR) is 81.9 cm³/mol. The van der Waals surface area contributed by atoms with E-state index in [0.717, 1.165) is 10.6 Å². The molecule has 0 saturated heterocycles. The first-order valence-electron chi connectivity index (χ1n) is 6.85. The lowest BCUT2D eigenvalue weighted by molar-refractivity contribution is -0.135. The van der Waals surface area contributed by atoms with Crippen LogP contribution in [-0.4, -0.2) is 34.8 Å². The molecule has 112 valence electrons. The largest absolute Gasteiger partial charge is 0.334 e. The van der Waals surface area contributed by atoms with Crippen molar-refractivity contribution in [2.45, 2.75) is 41.0 Å². The van der Waals surface area contributed by atoms with Crippen molar-refractivity contribution >= 4 is 28.3 Å². The molecular weight excluding hydrogens is 274 g/mol. The number of thiazole rings is 1. The predicted octanol–water partition coefficient (Wildman–Crippen LogP) is 2.59. The van der Waals surface area contributed by atoms with Gasteiger partial charge in [0.2, 0.25) is 11.8 Å².